The van der Waals surface area contributed by atoms with Gasteiger partial charge < -0.3 is 15.4 Å². The zero-order chi connectivity index (χ0) is 22.8. The summed E-state index contributed by atoms with van der Waals surface area (Å²) < 4.78 is 10.0. The topological polar surface area (TPSA) is 94.5 Å². The predicted octanol–water partition coefficient (Wildman–Crippen LogP) is 3.20. The molecule has 0 atom stereocenters. The number of nitrogens with zero attached hydrogens (tertiary/aromatic N) is 6. The van der Waals surface area contributed by atoms with E-state index >= 15 is 0 Å². The van der Waals surface area contributed by atoms with E-state index < -0.39 is 0 Å². The summed E-state index contributed by atoms with van der Waals surface area (Å²) in [6.45, 7) is 12.0. The smallest absolute Gasteiger partial charge is 0.160 e. The minimum Gasteiger partial charge on any atom is -0.496 e. The lowest BCUT2D eigenvalue weighted by atomic mass is 10.1. The molecule has 3 aliphatic rings. The molecule has 4 rings (SSSR count). The van der Waals surface area contributed by atoms with E-state index in [1.54, 1.807) is 11.9 Å². The van der Waals surface area contributed by atoms with Crippen molar-refractivity contribution in [1.29, 1.82) is 0 Å². The molecule has 0 aromatic carbocycles. The lowest BCUT2D eigenvalue weighted by Crippen LogP contribution is -2.25. The fraction of sp³-hybridized carbons (Fsp3) is 0.478. The van der Waals surface area contributed by atoms with Gasteiger partial charge in [0.2, 0.25) is 0 Å². The monoisotopic (exact) mass is 453 g/mol. The molecule has 2 aliphatic heterocycles. The van der Waals surface area contributed by atoms with Crippen molar-refractivity contribution in [3.63, 3.8) is 0 Å². The first-order chi connectivity index (χ1) is 15.5. The molecule has 32 heavy (non-hydrogen) atoms. The van der Waals surface area contributed by atoms with Gasteiger partial charge in [-0.25, -0.2) is 0 Å². The van der Waals surface area contributed by atoms with Crippen molar-refractivity contribution < 1.29 is 4.74 Å². The number of aryl methyl sites for hydroxylation is 1. The highest BCUT2D eigenvalue weighted by atomic mass is 32.2. The van der Waals surface area contributed by atoms with E-state index in [1.165, 1.54) is 23.1 Å². The summed E-state index contributed by atoms with van der Waals surface area (Å²) >= 11 is 1.48. The van der Waals surface area contributed by atoms with Crippen LogP contribution in [0.5, 0.6) is 5.75 Å². The Kier molecular flexibility index (Phi) is 6.66. The molecule has 0 bridgehead atoms. The molecule has 0 unspecified atom stereocenters. The van der Waals surface area contributed by atoms with Crippen molar-refractivity contribution in [3.05, 3.63) is 45.9 Å². The molecule has 1 aliphatic carbocycles. The normalized spacial score (nSPS) is 13.5. The summed E-state index contributed by atoms with van der Waals surface area (Å²) in [6, 6.07) is 2.20. The number of hydrogen-bond acceptors (Lipinski definition) is 8. The number of methoxy groups -OCH3 is 1. The number of pyridine rings is 1. The number of rotatable bonds is 8. The Balaban J connectivity index is 1.75. The van der Waals surface area contributed by atoms with Crippen molar-refractivity contribution in [1.82, 2.24) is 24.9 Å². The third-order valence-corrected chi connectivity index (χ3v) is 6.92. The van der Waals surface area contributed by atoms with Crippen LogP contribution in [-0.2, 0) is 18.7 Å². The Labute approximate surface area is 193 Å². The Morgan fingerprint density at radius 2 is 2.00 bits per heavy atom. The first kappa shape index (κ1) is 22.5. The maximum absolute atomic E-state index is 6.32. The first-order valence-corrected chi connectivity index (χ1v) is 12.0. The first-order valence-electron chi connectivity index (χ1n) is 11.0. The van der Waals surface area contributed by atoms with Crippen LogP contribution in [0.1, 0.15) is 47.5 Å². The zero-order valence-electron chi connectivity index (χ0n) is 19.5. The minimum absolute atomic E-state index is 0.432. The lowest BCUT2D eigenvalue weighted by Gasteiger charge is -2.17. The third-order valence-electron chi connectivity index (χ3n) is 6.18. The fourth-order valence-electron chi connectivity index (χ4n) is 4.33. The quantitative estimate of drug-likeness (QED) is 0.523. The molecular formula is C23H31N7OS. The maximum Gasteiger partial charge on any atom is 0.160 e. The van der Waals surface area contributed by atoms with Gasteiger partial charge in [-0.3, -0.25) is 4.98 Å². The van der Waals surface area contributed by atoms with Crippen LogP contribution in [-0.4, -0.2) is 57.5 Å². The number of nitrogens with two attached hydrogens (primary N) is 1. The third kappa shape index (κ3) is 4.19. The molecule has 0 radical (unpaired) electrons. The Bertz CT molecular complexity index is 1120. The summed E-state index contributed by atoms with van der Waals surface area (Å²) in [5, 5.41) is 9.62. The number of likely N-dealkylation sites (N-methyl/N-ethyl adjacent to an activating group) is 1. The molecule has 170 valence electrons. The second-order valence-electron chi connectivity index (χ2n) is 8.06. The molecule has 8 nitrogen and oxygen atoms in total. The maximum atomic E-state index is 6.32. The van der Waals surface area contributed by atoms with Crippen LogP contribution in [0, 0.1) is 13.8 Å². The van der Waals surface area contributed by atoms with Crippen LogP contribution in [0.25, 0.3) is 11.3 Å². The van der Waals surface area contributed by atoms with Gasteiger partial charge >= 0.3 is 0 Å². The second kappa shape index (κ2) is 9.46. The van der Waals surface area contributed by atoms with Gasteiger partial charge in [0.1, 0.15) is 18.0 Å². The van der Waals surface area contributed by atoms with E-state index in [0.29, 0.717) is 18.1 Å². The molecular weight excluding hydrogens is 422 g/mol. The van der Waals surface area contributed by atoms with E-state index in [9.17, 15) is 0 Å². The number of aromatic nitrogens is 4. The molecule has 0 fully saturated rings. The summed E-state index contributed by atoms with van der Waals surface area (Å²) in [5.74, 6) is 2.08. The van der Waals surface area contributed by atoms with Gasteiger partial charge in [0, 0.05) is 35.2 Å². The van der Waals surface area contributed by atoms with Crippen LogP contribution in [0.15, 0.2) is 16.7 Å². The number of ether oxygens (including phenoxy) is 1. The molecule has 1 aromatic rings. The largest absolute Gasteiger partial charge is 0.496 e. The van der Waals surface area contributed by atoms with E-state index in [1.807, 2.05) is 20.0 Å². The van der Waals surface area contributed by atoms with Crippen molar-refractivity contribution in [2.45, 2.75) is 46.4 Å². The zero-order valence-corrected chi connectivity index (χ0v) is 20.3. The van der Waals surface area contributed by atoms with E-state index in [0.717, 1.165) is 65.6 Å². The van der Waals surface area contributed by atoms with Gasteiger partial charge in [0.05, 0.1) is 18.5 Å². The molecule has 0 amide bonds. The molecule has 0 spiro atoms. The molecule has 3 heterocycles. The fourth-order valence-corrected chi connectivity index (χ4v) is 5.07. The summed E-state index contributed by atoms with van der Waals surface area (Å²) in [7, 11) is 1.68. The molecule has 9 heteroatoms. The molecule has 0 saturated heterocycles. The van der Waals surface area contributed by atoms with Crippen molar-refractivity contribution in [2.24, 2.45) is 10.1 Å². The average molecular weight is 454 g/mol. The summed E-state index contributed by atoms with van der Waals surface area (Å²) in [5.41, 5.74) is 14.4. The standard InChI is InChI=1S/C23H31N7OS/c1-6-29(7-2)9-8-16-10-18-20-17(16)13-32-28-23(24)21(20)27-30(26-18)12-19-15(4)22(31-5)14(3)11-25-19/h10-11H,6-9,12-13H2,1-5H3,(H2,24,28). The van der Waals surface area contributed by atoms with E-state index in [2.05, 4.69) is 34.2 Å². The van der Waals surface area contributed by atoms with Crippen molar-refractivity contribution in [3.8, 4) is 17.0 Å². The second-order valence-corrected chi connectivity index (χ2v) is 8.79. The SMILES string of the molecule is CCN(CC)CCc1cc2nn(Cc3ncc(C)c(OC)c3C)nc3c-2c1CSN=C3N. The highest BCUT2D eigenvalue weighted by Crippen LogP contribution is 2.38. The van der Waals surface area contributed by atoms with Crippen LogP contribution in [0.3, 0.4) is 0 Å². The molecule has 1 aromatic heterocycles. The van der Waals surface area contributed by atoms with Crippen LogP contribution < -0.4 is 10.5 Å². The van der Waals surface area contributed by atoms with Gasteiger partial charge in [0.15, 0.2) is 5.84 Å². The van der Waals surface area contributed by atoms with Crippen molar-refractivity contribution in [2.75, 3.05) is 26.7 Å². The molecule has 2 N–H and O–H groups in total. The van der Waals surface area contributed by atoms with Crippen LogP contribution in [0.2, 0.25) is 0 Å². The lowest BCUT2D eigenvalue weighted by molar-refractivity contribution is 0.308. The highest BCUT2D eigenvalue weighted by Gasteiger charge is 2.27. The molecule has 0 saturated carbocycles. The number of hydrogen-bond donors (Lipinski definition) is 1. The van der Waals surface area contributed by atoms with Gasteiger partial charge in [0.25, 0.3) is 0 Å². The van der Waals surface area contributed by atoms with E-state index in [4.69, 9.17) is 20.7 Å². The predicted molar refractivity (Wildman–Crippen MR) is 130 cm³/mol. The summed E-state index contributed by atoms with van der Waals surface area (Å²) in [6.07, 6.45) is 2.80. The average Bonchev–Trinajstić information content (AvgIpc) is 3.04. The van der Waals surface area contributed by atoms with Crippen LogP contribution in [0.4, 0.5) is 0 Å². The van der Waals surface area contributed by atoms with Gasteiger partial charge in [-0.2, -0.15) is 19.4 Å². The van der Waals surface area contributed by atoms with Gasteiger partial charge in [-0.1, -0.05) is 13.8 Å². The Morgan fingerprint density at radius 3 is 2.72 bits per heavy atom. The summed E-state index contributed by atoms with van der Waals surface area (Å²) in [4.78, 5) is 8.72. The highest BCUT2D eigenvalue weighted by molar-refractivity contribution is 7.97. The Hall–Kier alpha value is -2.65. The van der Waals surface area contributed by atoms with E-state index in [-0.39, 0.29) is 0 Å². The van der Waals surface area contributed by atoms with Crippen molar-refractivity contribution >= 4 is 17.8 Å². The van der Waals surface area contributed by atoms with Gasteiger partial charge in [-0.15, -0.1) is 0 Å². The minimum atomic E-state index is 0.432. The number of amidine groups is 1. The Morgan fingerprint density at radius 1 is 1.22 bits per heavy atom. The van der Waals surface area contributed by atoms with Crippen LogP contribution >= 0.6 is 11.9 Å². The van der Waals surface area contributed by atoms with Gasteiger partial charge in [-0.05, 0) is 62.5 Å².